The maximum Gasteiger partial charge on any atom is 0.348 e. The Morgan fingerprint density at radius 2 is 2.11 bits per heavy atom. The maximum atomic E-state index is 11.5. The molecule has 0 saturated heterocycles. The predicted octanol–water partition coefficient (Wildman–Crippen LogP) is 1.73. The third-order valence-electron chi connectivity index (χ3n) is 2.00. The molecule has 1 amide bonds. The van der Waals surface area contributed by atoms with Crippen molar-refractivity contribution in [2.24, 2.45) is 0 Å². The number of hydrogen-bond acceptors (Lipinski definition) is 5. The van der Waals surface area contributed by atoms with Crippen LogP contribution in [0.3, 0.4) is 0 Å². The van der Waals surface area contributed by atoms with Crippen LogP contribution in [-0.2, 0) is 14.3 Å². The van der Waals surface area contributed by atoms with Gasteiger partial charge in [0.2, 0.25) is 5.91 Å². The number of carboxylic acids is 1. The molecule has 0 radical (unpaired) electrons. The Bertz CT molecular complexity index is 454. The molecule has 0 saturated carbocycles. The van der Waals surface area contributed by atoms with E-state index in [0.717, 1.165) is 11.3 Å². The van der Waals surface area contributed by atoms with Gasteiger partial charge in [-0.2, -0.15) is 0 Å². The smallest absolute Gasteiger partial charge is 0.348 e. The molecule has 0 aromatic carbocycles. The van der Waals surface area contributed by atoms with Gasteiger partial charge in [0.15, 0.2) is 0 Å². The molecule has 0 aliphatic carbocycles. The summed E-state index contributed by atoms with van der Waals surface area (Å²) in [5.74, 6) is -1.95. The zero-order chi connectivity index (χ0) is 13.5. The van der Waals surface area contributed by atoms with Crippen LogP contribution in [0.25, 0.3) is 0 Å². The lowest BCUT2D eigenvalue weighted by Crippen LogP contribution is -2.15. The van der Waals surface area contributed by atoms with Crippen LogP contribution >= 0.6 is 11.3 Å². The Morgan fingerprint density at radius 3 is 2.72 bits per heavy atom. The molecule has 18 heavy (non-hydrogen) atoms. The van der Waals surface area contributed by atoms with Gasteiger partial charge in [0.25, 0.3) is 0 Å². The third kappa shape index (κ3) is 4.17. The van der Waals surface area contributed by atoms with Gasteiger partial charge < -0.3 is 15.2 Å². The van der Waals surface area contributed by atoms with Crippen LogP contribution in [-0.4, -0.2) is 29.6 Å². The van der Waals surface area contributed by atoms with E-state index in [0.29, 0.717) is 0 Å². The van der Waals surface area contributed by atoms with Gasteiger partial charge in [-0.3, -0.25) is 9.59 Å². The third-order valence-corrected chi connectivity index (χ3v) is 2.90. The Labute approximate surface area is 108 Å². The minimum Gasteiger partial charge on any atom is -0.477 e. The SMILES string of the molecule is CCOC(=O)CCC(=O)Nc1ccsc1C(=O)O. The van der Waals surface area contributed by atoms with E-state index in [1.165, 1.54) is 6.07 Å². The molecule has 1 rings (SSSR count). The summed E-state index contributed by atoms with van der Waals surface area (Å²) < 4.78 is 4.68. The summed E-state index contributed by atoms with van der Waals surface area (Å²) in [6.45, 7) is 1.95. The van der Waals surface area contributed by atoms with Gasteiger partial charge in [-0.1, -0.05) is 0 Å². The lowest BCUT2D eigenvalue weighted by molar-refractivity contribution is -0.144. The normalized spacial score (nSPS) is 9.83. The molecule has 1 aromatic rings. The number of thiophene rings is 1. The Balaban J connectivity index is 2.47. The highest BCUT2D eigenvalue weighted by atomic mass is 32.1. The number of esters is 1. The van der Waals surface area contributed by atoms with E-state index in [1.54, 1.807) is 12.3 Å². The number of carboxylic acid groups (broad SMARTS) is 1. The summed E-state index contributed by atoms with van der Waals surface area (Å²) in [6, 6.07) is 1.51. The lowest BCUT2D eigenvalue weighted by Gasteiger charge is -2.04. The summed E-state index contributed by atoms with van der Waals surface area (Å²) in [5, 5.41) is 12.9. The number of carbonyl (C=O) groups is 3. The molecule has 0 aliphatic heterocycles. The Morgan fingerprint density at radius 1 is 1.39 bits per heavy atom. The van der Waals surface area contributed by atoms with Crippen molar-refractivity contribution in [2.75, 3.05) is 11.9 Å². The van der Waals surface area contributed by atoms with E-state index in [1.807, 2.05) is 0 Å². The summed E-state index contributed by atoms with van der Waals surface area (Å²) in [7, 11) is 0. The molecule has 1 aromatic heterocycles. The summed E-state index contributed by atoms with van der Waals surface area (Å²) in [5.41, 5.74) is 0.251. The van der Waals surface area contributed by atoms with Crippen molar-refractivity contribution < 1.29 is 24.2 Å². The number of ether oxygens (including phenoxy) is 1. The minimum atomic E-state index is -1.09. The first-order chi connectivity index (χ1) is 8.54. The van der Waals surface area contributed by atoms with Crippen LogP contribution in [0.15, 0.2) is 11.4 Å². The van der Waals surface area contributed by atoms with E-state index in [2.05, 4.69) is 10.1 Å². The highest BCUT2D eigenvalue weighted by Crippen LogP contribution is 2.22. The molecule has 0 fully saturated rings. The van der Waals surface area contributed by atoms with E-state index in [4.69, 9.17) is 5.11 Å². The van der Waals surface area contributed by atoms with Crippen LogP contribution in [0.4, 0.5) is 5.69 Å². The minimum absolute atomic E-state index is 0.0216. The first-order valence-corrected chi connectivity index (χ1v) is 6.18. The van der Waals surface area contributed by atoms with Crippen molar-refractivity contribution >= 4 is 34.9 Å². The number of rotatable bonds is 6. The van der Waals surface area contributed by atoms with Gasteiger partial charge in [-0.15, -0.1) is 11.3 Å². The number of anilines is 1. The number of nitrogens with one attached hydrogen (secondary N) is 1. The maximum absolute atomic E-state index is 11.5. The number of aromatic carboxylic acids is 1. The van der Waals surface area contributed by atoms with E-state index in [-0.39, 0.29) is 30.0 Å². The van der Waals surface area contributed by atoms with Crippen LogP contribution in [0.5, 0.6) is 0 Å². The fourth-order valence-electron chi connectivity index (χ4n) is 1.23. The molecule has 98 valence electrons. The van der Waals surface area contributed by atoms with Crippen molar-refractivity contribution in [1.82, 2.24) is 0 Å². The van der Waals surface area contributed by atoms with Crippen molar-refractivity contribution in [2.45, 2.75) is 19.8 Å². The Kier molecular flexibility index (Phi) is 5.31. The standard InChI is InChI=1S/C11H13NO5S/c1-2-17-9(14)4-3-8(13)12-7-5-6-18-10(7)11(15)16/h5-6H,2-4H2,1H3,(H,12,13)(H,15,16). The molecule has 0 aliphatic rings. The average molecular weight is 271 g/mol. The summed E-state index contributed by atoms with van der Waals surface area (Å²) in [4.78, 5) is 33.4. The number of hydrogen-bond donors (Lipinski definition) is 2. The quantitative estimate of drug-likeness (QED) is 0.768. The van der Waals surface area contributed by atoms with Crippen molar-refractivity contribution in [3.63, 3.8) is 0 Å². The monoisotopic (exact) mass is 271 g/mol. The molecule has 6 nitrogen and oxygen atoms in total. The first kappa shape index (κ1) is 14.2. The number of amides is 1. The highest BCUT2D eigenvalue weighted by molar-refractivity contribution is 7.12. The summed E-state index contributed by atoms with van der Waals surface area (Å²) in [6.07, 6.45) is -0.0556. The van der Waals surface area contributed by atoms with E-state index in [9.17, 15) is 14.4 Å². The summed E-state index contributed by atoms with van der Waals surface area (Å²) >= 11 is 1.03. The van der Waals surface area contributed by atoms with Gasteiger partial charge in [-0.25, -0.2) is 4.79 Å². The fourth-order valence-corrected chi connectivity index (χ4v) is 1.92. The van der Waals surface area contributed by atoms with Crippen LogP contribution in [0.1, 0.15) is 29.4 Å². The molecule has 7 heteroatoms. The predicted molar refractivity (Wildman–Crippen MR) is 65.8 cm³/mol. The second-order valence-electron chi connectivity index (χ2n) is 3.32. The van der Waals surface area contributed by atoms with Crippen molar-refractivity contribution in [3.05, 3.63) is 16.3 Å². The largest absolute Gasteiger partial charge is 0.477 e. The van der Waals surface area contributed by atoms with E-state index < -0.39 is 17.8 Å². The molecule has 2 N–H and O–H groups in total. The van der Waals surface area contributed by atoms with Crippen molar-refractivity contribution in [3.8, 4) is 0 Å². The van der Waals surface area contributed by atoms with Gasteiger partial charge >= 0.3 is 11.9 Å². The first-order valence-electron chi connectivity index (χ1n) is 5.30. The zero-order valence-corrected chi connectivity index (χ0v) is 10.6. The molecular weight excluding hydrogens is 258 g/mol. The highest BCUT2D eigenvalue weighted by Gasteiger charge is 2.14. The van der Waals surface area contributed by atoms with Crippen molar-refractivity contribution in [1.29, 1.82) is 0 Å². The molecule has 0 bridgehead atoms. The van der Waals surface area contributed by atoms with E-state index >= 15 is 0 Å². The van der Waals surface area contributed by atoms with Gasteiger partial charge in [-0.05, 0) is 18.4 Å². The lowest BCUT2D eigenvalue weighted by atomic mass is 10.3. The topological polar surface area (TPSA) is 92.7 Å². The van der Waals surface area contributed by atoms with Crippen LogP contribution in [0.2, 0.25) is 0 Å². The Hall–Kier alpha value is -1.89. The second kappa shape index (κ2) is 6.75. The van der Waals surface area contributed by atoms with Gasteiger partial charge in [0.1, 0.15) is 4.88 Å². The molecular formula is C11H13NO5S. The molecule has 0 atom stereocenters. The average Bonchev–Trinajstić information content (AvgIpc) is 2.75. The molecule has 0 unspecified atom stereocenters. The molecule has 1 heterocycles. The fraction of sp³-hybridized carbons (Fsp3) is 0.364. The number of carbonyl (C=O) groups excluding carboxylic acids is 2. The van der Waals surface area contributed by atoms with Gasteiger partial charge in [0.05, 0.1) is 18.7 Å². The molecule has 0 spiro atoms. The van der Waals surface area contributed by atoms with Crippen LogP contribution < -0.4 is 5.32 Å². The zero-order valence-electron chi connectivity index (χ0n) is 9.76. The van der Waals surface area contributed by atoms with Crippen LogP contribution in [0, 0.1) is 0 Å². The van der Waals surface area contributed by atoms with Gasteiger partial charge in [0, 0.05) is 6.42 Å². The second-order valence-corrected chi connectivity index (χ2v) is 4.24.